The summed E-state index contributed by atoms with van der Waals surface area (Å²) in [4.78, 5) is 18.9. The maximum atomic E-state index is 12.7. The lowest BCUT2D eigenvalue weighted by Crippen LogP contribution is -3.14. The van der Waals surface area contributed by atoms with Crippen molar-refractivity contribution in [2.24, 2.45) is 0 Å². The molecule has 1 saturated heterocycles. The second-order valence-electron chi connectivity index (χ2n) is 7.50. The zero-order chi connectivity index (χ0) is 18.8. The zero-order valence-electron chi connectivity index (χ0n) is 15.9. The summed E-state index contributed by atoms with van der Waals surface area (Å²) in [5.74, 6) is 0.0845. The quantitative estimate of drug-likeness (QED) is 0.726. The van der Waals surface area contributed by atoms with Crippen LogP contribution in [0.4, 0.5) is 5.69 Å². The van der Waals surface area contributed by atoms with Crippen molar-refractivity contribution >= 4 is 33.1 Å². The highest BCUT2D eigenvalue weighted by molar-refractivity contribution is 7.18. The van der Waals surface area contributed by atoms with Gasteiger partial charge in [-0.1, -0.05) is 18.2 Å². The summed E-state index contributed by atoms with van der Waals surface area (Å²) in [5.41, 5.74) is 4.40. The number of para-hydroxylation sites is 1. The highest BCUT2D eigenvalue weighted by atomic mass is 32.1. The highest BCUT2D eigenvalue weighted by Crippen LogP contribution is 2.28. The van der Waals surface area contributed by atoms with Gasteiger partial charge in [-0.3, -0.25) is 4.79 Å². The fourth-order valence-electron chi connectivity index (χ4n) is 3.86. The Bertz CT molecular complexity index is 932. The lowest BCUT2D eigenvalue weighted by molar-refractivity contribution is -0.929. The van der Waals surface area contributed by atoms with E-state index in [2.05, 4.69) is 43.4 Å². The molecule has 0 spiro atoms. The van der Waals surface area contributed by atoms with Gasteiger partial charge in [0.1, 0.15) is 6.04 Å². The molecular weight excluding hydrogens is 354 g/mol. The zero-order valence-corrected chi connectivity index (χ0v) is 16.7. The molecule has 1 aromatic heterocycles. The predicted octanol–water partition coefficient (Wildman–Crippen LogP) is 3.66. The van der Waals surface area contributed by atoms with Gasteiger partial charge in [0, 0.05) is 12.1 Å². The Morgan fingerprint density at radius 3 is 2.85 bits per heavy atom. The number of benzene rings is 2. The minimum absolute atomic E-state index is 0.0845. The van der Waals surface area contributed by atoms with E-state index in [1.807, 2.05) is 18.2 Å². The number of anilines is 1. The third-order valence-electron chi connectivity index (χ3n) is 5.52. The molecular formula is C22H26N3OS+. The number of rotatable bonds is 4. The van der Waals surface area contributed by atoms with E-state index in [0.717, 1.165) is 24.2 Å². The van der Waals surface area contributed by atoms with Gasteiger partial charge < -0.3 is 10.2 Å². The van der Waals surface area contributed by atoms with Crippen LogP contribution < -0.4 is 10.2 Å². The molecule has 1 fully saturated rings. The van der Waals surface area contributed by atoms with Crippen molar-refractivity contribution in [2.75, 3.05) is 18.4 Å². The number of likely N-dealkylation sites (tertiary alicyclic amines) is 1. The number of aromatic nitrogens is 1. The van der Waals surface area contributed by atoms with Crippen molar-refractivity contribution in [1.82, 2.24) is 4.98 Å². The van der Waals surface area contributed by atoms with Crippen LogP contribution in [0.1, 0.15) is 41.4 Å². The monoisotopic (exact) mass is 380 g/mol. The number of hydrogen-bond acceptors (Lipinski definition) is 3. The Hall–Kier alpha value is -2.24. The van der Waals surface area contributed by atoms with Gasteiger partial charge in [-0.2, -0.15) is 0 Å². The van der Waals surface area contributed by atoms with Crippen LogP contribution in [0.25, 0.3) is 10.2 Å². The van der Waals surface area contributed by atoms with Crippen molar-refractivity contribution in [3.05, 3.63) is 58.6 Å². The number of fused-ring (bicyclic) bond motifs is 1. The molecule has 0 radical (unpaired) electrons. The van der Waals surface area contributed by atoms with Crippen LogP contribution in [-0.2, 0) is 4.79 Å². The van der Waals surface area contributed by atoms with Gasteiger partial charge in [-0.15, -0.1) is 11.3 Å². The fraction of sp³-hybridized carbons (Fsp3) is 0.364. The first-order valence-electron chi connectivity index (χ1n) is 9.67. The molecule has 2 N–H and O–H groups in total. The molecule has 4 nitrogen and oxygen atoms in total. The highest BCUT2D eigenvalue weighted by Gasteiger charge is 2.31. The second kappa shape index (κ2) is 7.79. The Kier molecular flexibility index (Phi) is 5.23. The molecule has 0 bridgehead atoms. The van der Waals surface area contributed by atoms with E-state index in [0.29, 0.717) is 12.6 Å². The lowest BCUT2D eigenvalue weighted by atomic mass is 10.0. The number of piperidine rings is 1. The number of amides is 1. The average Bonchev–Trinajstić information content (AvgIpc) is 3.09. The maximum Gasteiger partial charge on any atom is 0.279 e. The molecule has 2 atom stereocenters. The van der Waals surface area contributed by atoms with Crippen LogP contribution in [0.2, 0.25) is 0 Å². The summed E-state index contributed by atoms with van der Waals surface area (Å²) < 4.78 is 1.23. The second-order valence-corrected chi connectivity index (χ2v) is 8.56. The molecule has 4 rings (SSSR count). The average molecular weight is 381 g/mol. The van der Waals surface area contributed by atoms with Gasteiger partial charge >= 0.3 is 0 Å². The summed E-state index contributed by atoms with van der Waals surface area (Å²) in [5, 5.41) is 4.25. The Morgan fingerprint density at radius 2 is 2.04 bits per heavy atom. The topological polar surface area (TPSA) is 46.4 Å². The molecule has 2 heterocycles. The summed E-state index contributed by atoms with van der Waals surface area (Å²) in [6, 6.07) is 14.7. The molecule has 1 unspecified atom stereocenters. The summed E-state index contributed by atoms with van der Waals surface area (Å²) in [6.07, 6.45) is 3.49. The summed E-state index contributed by atoms with van der Waals surface area (Å²) >= 11 is 1.78. The first-order valence-corrected chi connectivity index (χ1v) is 10.5. The van der Waals surface area contributed by atoms with Crippen LogP contribution in [0.15, 0.2) is 42.5 Å². The molecule has 1 aliphatic rings. The fourth-order valence-corrected chi connectivity index (χ4v) is 5.02. The third-order valence-corrected chi connectivity index (χ3v) is 6.67. The van der Waals surface area contributed by atoms with Gasteiger partial charge in [0.2, 0.25) is 0 Å². The maximum absolute atomic E-state index is 12.7. The van der Waals surface area contributed by atoms with E-state index in [1.165, 1.54) is 38.6 Å². The van der Waals surface area contributed by atoms with Gasteiger partial charge in [-0.05, 0) is 62.1 Å². The van der Waals surface area contributed by atoms with Crippen LogP contribution in [0.5, 0.6) is 0 Å². The van der Waals surface area contributed by atoms with Crippen LogP contribution in [0, 0.1) is 13.8 Å². The van der Waals surface area contributed by atoms with Crippen molar-refractivity contribution in [3.63, 3.8) is 0 Å². The van der Waals surface area contributed by atoms with Crippen LogP contribution >= 0.6 is 11.3 Å². The van der Waals surface area contributed by atoms with E-state index in [4.69, 9.17) is 4.98 Å². The molecule has 1 aliphatic heterocycles. The van der Waals surface area contributed by atoms with Crippen molar-refractivity contribution in [3.8, 4) is 0 Å². The van der Waals surface area contributed by atoms with E-state index in [9.17, 15) is 4.79 Å². The van der Waals surface area contributed by atoms with Gasteiger partial charge in [-0.25, -0.2) is 4.98 Å². The number of hydrogen-bond donors (Lipinski definition) is 2. The first kappa shape index (κ1) is 18.1. The van der Waals surface area contributed by atoms with E-state index in [1.54, 1.807) is 11.3 Å². The number of nitrogens with zero attached hydrogens (tertiary/aromatic N) is 1. The number of quaternary nitrogens is 1. The number of aryl methyl sites for hydroxylation is 2. The van der Waals surface area contributed by atoms with Crippen molar-refractivity contribution < 1.29 is 9.69 Å². The number of carbonyl (C=O) groups excluding carboxylic acids is 1. The van der Waals surface area contributed by atoms with Crippen molar-refractivity contribution in [1.29, 1.82) is 0 Å². The first-order chi connectivity index (χ1) is 13.1. The molecule has 0 aliphatic carbocycles. The molecule has 3 aromatic rings. The largest absolute Gasteiger partial charge is 0.321 e. The summed E-state index contributed by atoms with van der Waals surface area (Å²) in [7, 11) is 0. The minimum Gasteiger partial charge on any atom is -0.321 e. The minimum atomic E-state index is 0.0845. The Labute approximate surface area is 164 Å². The number of carbonyl (C=O) groups is 1. The van der Waals surface area contributed by atoms with Crippen molar-refractivity contribution in [2.45, 2.75) is 39.2 Å². The molecule has 0 saturated carbocycles. The molecule has 2 aromatic carbocycles. The van der Waals surface area contributed by atoms with E-state index >= 15 is 0 Å². The molecule has 5 heteroatoms. The Balaban J connectivity index is 1.48. The molecule has 27 heavy (non-hydrogen) atoms. The standard InChI is InChI=1S/C22H25N3OS/c1-15-10-11-17(13-16(15)2)23-21(26)14-25-12-6-5-8-19(25)22-24-18-7-3-4-9-20(18)27-22/h3-4,7,9-11,13,19H,5-6,8,12,14H2,1-2H3,(H,23,26)/p+1/t19-/m1/s1. The Morgan fingerprint density at radius 1 is 1.19 bits per heavy atom. The van der Waals surface area contributed by atoms with Gasteiger partial charge in [0.25, 0.3) is 5.91 Å². The van der Waals surface area contributed by atoms with Crippen LogP contribution in [-0.4, -0.2) is 24.0 Å². The lowest BCUT2D eigenvalue weighted by Gasteiger charge is -2.30. The van der Waals surface area contributed by atoms with Gasteiger partial charge in [0.05, 0.1) is 16.8 Å². The number of thiazole rings is 1. The normalized spacial score (nSPS) is 19.9. The molecule has 1 amide bonds. The van der Waals surface area contributed by atoms with E-state index < -0.39 is 0 Å². The smallest absolute Gasteiger partial charge is 0.279 e. The van der Waals surface area contributed by atoms with Crippen LogP contribution in [0.3, 0.4) is 0 Å². The summed E-state index contributed by atoms with van der Waals surface area (Å²) in [6.45, 7) is 5.68. The van der Waals surface area contributed by atoms with Gasteiger partial charge in [0.15, 0.2) is 11.6 Å². The van der Waals surface area contributed by atoms with E-state index in [-0.39, 0.29) is 5.91 Å². The third kappa shape index (κ3) is 4.04. The molecule has 140 valence electrons. The SMILES string of the molecule is Cc1ccc(NC(=O)C[NH+]2CCCC[C@@H]2c2nc3ccccc3s2)cc1C. The predicted molar refractivity (Wildman–Crippen MR) is 111 cm³/mol. The number of nitrogens with one attached hydrogen (secondary N) is 2.